The highest BCUT2D eigenvalue weighted by atomic mass is 19.4. The topological polar surface area (TPSA) is 43.8 Å². The minimum Gasteiger partial charge on any atom is -0.383 e. The highest BCUT2D eigenvalue weighted by molar-refractivity contribution is 5.37. The van der Waals surface area contributed by atoms with Crippen LogP contribution in [0.15, 0.2) is 6.33 Å². The van der Waals surface area contributed by atoms with Gasteiger partial charge in [0.25, 0.3) is 0 Å². The summed E-state index contributed by atoms with van der Waals surface area (Å²) in [5.74, 6) is -0.363. The van der Waals surface area contributed by atoms with Gasteiger partial charge in [-0.15, -0.1) is 0 Å². The second-order valence-electron chi connectivity index (χ2n) is 2.09. The number of hydrogen-bond acceptors (Lipinski definition) is 2. The van der Waals surface area contributed by atoms with Crippen LogP contribution in [0.5, 0.6) is 0 Å². The molecule has 0 unspecified atom stereocenters. The molecule has 2 N–H and O–H groups in total. The minimum absolute atomic E-state index is 0.363. The van der Waals surface area contributed by atoms with Gasteiger partial charge in [-0.2, -0.15) is 13.2 Å². The van der Waals surface area contributed by atoms with E-state index in [0.29, 0.717) is 0 Å². The molecule has 0 radical (unpaired) electrons. The summed E-state index contributed by atoms with van der Waals surface area (Å²) in [6, 6.07) is 0. The van der Waals surface area contributed by atoms with Gasteiger partial charge in [0.1, 0.15) is 5.82 Å². The average molecular weight is 165 g/mol. The maximum atomic E-state index is 11.9. The van der Waals surface area contributed by atoms with Crippen molar-refractivity contribution in [2.75, 3.05) is 5.73 Å². The number of aromatic nitrogens is 2. The molecule has 0 saturated heterocycles. The second kappa shape index (κ2) is 2.14. The summed E-state index contributed by atoms with van der Waals surface area (Å²) in [5.41, 5.74) is 4.04. The molecule has 6 heteroatoms. The summed E-state index contributed by atoms with van der Waals surface area (Å²) in [7, 11) is 1.40. The molecule has 0 amide bonds. The Morgan fingerprint density at radius 1 is 1.55 bits per heavy atom. The zero-order chi connectivity index (χ0) is 8.65. The van der Waals surface area contributed by atoms with E-state index in [1.165, 1.54) is 7.05 Å². The third kappa shape index (κ3) is 1.28. The SMILES string of the molecule is Cn1cnc(C(F)(F)F)c1N. The Bertz CT molecular complexity index is 262. The van der Waals surface area contributed by atoms with Gasteiger partial charge < -0.3 is 10.3 Å². The lowest BCUT2D eigenvalue weighted by Gasteiger charge is -2.03. The predicted molar refractivity (Wildman–Crippen MR) is 32.6 cm³/mol. The average Bonchev–Trinajstić information content (AvgIpc) is 2.11. The molecule has 0 saturated carbocycles. The van der Waals surface area contributed by atoms with Gasteiger partial charge in [0.05, 0.1) is 6.33 Å². The fourth-order valence-electron chi connectivity index (χ4n) is 0.658. The summed E-state index contributed by atoms with van der Waals surface area (Å²) >= 11 is 0. The van der Waals surface area contributed by atoms with Crippen molar-refractivity contribution in [1.82, 2.24) is 9.55 Å². The number of alkyl halides is 3. The number of nitrogens with zero attached hydrogens (tertiary/aromatic N) is 2. The van der Waals surface area contributed by atoms with E-state index in [4.69, 9.17) is 5.73 Å². The third-order valence-corrected chi connectivity index (χ3v) is 1.25. The lowest BCUT2D eigenvalue weighted by Crippen LogP contribution is -2.09. The molecule has 0 aliphatic carbocycles. The lowest BCUT2D eigenvalue weighted by molar-refractivity contribution is -0.140. The number of aryl methyl sites for hydroxylation is 1. The largest absolute Gasteiger partial charge is 0.437 e. The zero-order valence-electron chi connectivity index (χ0n) is 5.68. The molecule has 1 heterocycles. The van der Waals surface area contributed by atoms with Crippen molar-refractivity contribution < 1.29 is 13.2 Å². The molecule has 0 spiro atoms. The van der Waals surface area contributed by atoms with Crippen molar-refractivity contribution in [3.8, 4) is 0 Å². The first-order chi connectivity index (χ1) is 4.93. The monoisotopic (exact) mass is 165 g/mol. The number of hydrogen-bond donors (Lipinski definition) is 1. The van der Waals surface area contributed by atoms with Gasteiger partial charge in [0.15, 0.2) is 5.69 Å². The van der Waals surface area contributed by atoms with E-state index >= 15 is 0 Å². The van der Waals surface area contributed by atoms with Crippen LogP contribution < -0.4 is 5.73 Å². The number of nitrogens with two attached hydrogens (primary N) is 1. The molecular formula is C5H6F3N3. The summed E-state index contributed by atoms with van der Waals surface area (Å²) in [5, 5.41) is 0. The Morgan fingerprint density at radius 3 is 2.27 bits per heavy atom. The minimum atomic E-state index is -4.45. The van der Waals surface area contributed by atoms with E-state index < -0.39 is 11.9 Å². The summed E-state index contributed by atoms with van der Waals surface area (Å²) in [6.45, 7) is 0. The Balaban J connectivity index is 3.15. The highest BCUT2D eigenvalue weighted by Gasteiger charge is 2.36. The molecule has 11 heavy (non-hydrogen) atoms. The summed E-state index contributed by atoms with van der Waals surface area (Å²) < 4.78 is 36.8. The molecule has 1 rings (SSSR count). The zero-order valence-corrected chi connectivity index (χ0v) is 5.68. The van der Waals surface area contributed by atoms with E-state index in [9.17, 15) is 13.2 Å². The van der Waals surface area contributed by atoms with Crippen molar-refractivity contribution in [3.63, 3.8) is 0 Å². The Morgan fingerprint density at radius 2 is 2.09 bits per heavy atom. The fraction of sp³-hybridized carbons (Fsp3) is 0.400. The molecule has 1 aromatic rings. The highest BCUT2D eigenvalue weighted by Crippen LogP contribution is 2.31. The van der Waals surface area contributed by atoms with Crippen LogP contribution in [0.3, 0.4) is 0 Å². The maximum absolute atomic E-state index is 11.9. The molecule has 0 bridgehead atoms. The number of rotatable bonds is 0. The van der Waals surface area contributed by atoms with Crippen molar-refractivity contribution in [2.24, 2.45) is 7.05 Å². The fourth-order valence-corrected chi connectivity index (χ4v) is 0.658. The van der Waals surface area contributed by atoms with Crippen LogP contribution >= 0.6 is 0 Å². The molecule has 0 aromatic carbocycles. The summed E-state index contributed by atoms with van der Waals surface area (Å²) in [4.78, 5) is 3.10. The van der Waals surface area contributed by atoms with Crippen molar-refractivity contribution in [2.45, 2.75) is 6.18 Å². The Labute approximate surface area is 60.6 Å². The molecular weight excluding hydrogens is 159 g/mol. The molecule has 0 aliphatic heterocycles. The van der Waals surface area contributed by atoms with Crippen LogP contribution in [0.1, 0.15) is 5.69 Å². The van der Waals surface area contributed by atoms with Gasteiger partial charge in [-0.3, -0.25) is 0 Å². The quantitative estimate of drug-likeness (QED) is 0.623. The Hall–Kier alpha value is -1.20. The van der Waals surface area contributed by atoms with Gasteiger partial charge in [-0.05, 0) is 0 Å². The van der Waals surface area contributed by atoms with Gasteiger partial charge >= 0.3 is 6.18 Å². The molecule has 0 fully saturated rings. The molecule has 0 atom stereocenters. The van der Waals surface area contributed by atoms with Gasteiger partial charge in [0, 0.05) is 7.05 Å². The first kappa shape index (κ1) is 7.90. The van der Waals surface area contributed by atoms with Crippen LogP contribution in [-0.4, -0.2) is 9.55 Å². The van der Waals surface area contributed by atoms with Crippen LogP contribution in [0.4, 0.5) is 19.0 Å². The maximum Gasteiger partial charge on any atom is 0.437 e. The molecule has 0 aliphatic rings. The first-order valence-electron chi connectivity index (χ1n) is 2.77. The van der Waals surface area contributed by atoms with Crippen molar-refractivity contribution >= 4 is 5.82 Å². The van der Waals surface area contributed by atoms with Gasteiger partial charge in [-0.1, -0.05) is 0 Å². The smallest absolute Gasteiger partial charge is 0.383 e. The van der Waals surface area contributed by atoms with Crippen LogP contribution in [-0.2, 0) is 13.2 Å². The van der Waals surface area contributed by atoms with E-state index in [2.05, 4.69) is 4.98 Å². The number of anilines is 1. The van der Waals surface area contributed by atoms with E-state index in [1.54, 1.807) is 0 Å². The second-order valence-corrected chi connectivity index (χ2v) is 2.09. The normalized spacial score (nSPS) is 12.0. The Kier molecular flexibility index (Phi) is 1.54. The molecule has 3 nitrogen and oxygen atoms in total. The van der Waals surface area contributed by atoms with Gasteiger partial charge in [0.2, 0.25) is 0 Å². The number of halogens is 3. The summed E-state index contributed by atoms with van der Waals surface area (Å²) in [6.07, 6.45) is -3.43. The van der Waals surface area contributed by atoms with E-state index in [0.717, 1.165) is 10.9 Å². The first-order valence-corrected chi connectivity index (χ1v) is 2.77. The lowest BCUT2D eigenvalue weighted by atomic mass is 10.4. The van der Waals surface area contributed by atoms with Crippen LogP contribution in [0.2, 0.25) is 0 Å². The van der Waals surface area contributed by atoms with Crippen molar-refractivity contribution in [1.29, 1.82) is 0 Å². The van der Waals surface area contributed by atoms with E-state index in [1.807, 2.05) is 0 Å². The predicted octanol–water partition coefficient (Wildman–Crippen LogP) is 1.02. The number of nitrogen functional groups attached to an aromatic ring is 1. The standard InChI is InChI=1S/C5H6F3N3/c1-11-2-10-3(4(11)9)5(6,7)8/h2H,9H2,1H3. The number of imidazole rings is 1. The third-order valence-electron chi connectivity index (χ3n) is 1.25. The van der Waals surface area contributed by atoms with Gasteiger partial charge in [-0.25, -0.2) is 4.98 Å². The van der Waals surface area contributed by atoms with Crippen LogP contribution in [0, 0.1) is 0 Å². The molecule has 62 valence electrons. The van der Waals surface area contributed by atoms with Crippen LogP contribution in [0.25, 0.3) is 0 Å². The van der Waals surface area contributed by atoms with E-state index in [-0.39, 0.29) is 5.82 Å². The molecule has 1 aromatic heterocycles. The van der Waals surface area contributed by atoms with Crippen molar-refractivity contribution in [3.05, 3.63) is 12.0 Å².